The van der Waals surface area contributed by atoms with Gasteiger partial charge in [0.1, 0.15) is 11.3 Å². The van der Waals surface area contributed by atoms with E-state index in [1.165, 1.54) is 0 Å². The molecule has 0 spiro atoms. The molecule has 1 aromatic carbocycles. The molecule has 2 aromatic heterocycles. The Morgan fingerprint density at radius 1 is 1.16 bits per heavy atom. The van der Waals surface area contributed by atoms with Crippen LogP contribution in [0.3, 0.4) is 0 Å². The van der Waals surface area contributed by atoms with Crippen LogP contribution in [0.15, 0.2) is 28.8 Å². The van der Waals surface area contributed by atoms with Crippen molar-refractivity contribution >= 4 is 21.9 Å². The van der Waals surface area contributed by atoms with Crippen LogP contribution in [0.25, 0.3) is 21.9 Å². The molecule has 0 aliphatic carbocycles. The van der Waals surface area contributed by atoms with E-state index in [2.05, 4.69) is 11.9 Å². The molecule has 3 rings (SSSR count). The third-order valence-corrected chi connectivity index (χ3v) is 3.26. The number of ether oxygens (including phenoxy) is 2. The van der Waals surface area contributed by atoms with Gasteiger partial charge in [0, 0.05) is 12.6 Å². The zero-order chi connectivity index (χ0) is 13.4. The minimum atomic E-state index is 0.707. The Kier molecular flexibility index (Phi) is 2.78. The second-order valence-corrected chi connectivity index (χ2v) is 4.28. The van der Waals surface area contributed by atoms with Crippen LogP contribution in [0, 0.1) is 0 Å². The number of aryl methyl sites for hydroxylation is 1. The molecule has 0 fully saturated rings. The number of fused-ring (bicyclic) bond motifs is 2. The first-order valence-corrected chi connectivity index (χ1v) is 6.21. The van der Waals surface area contributed by atoms with Crippen LogP contribution in [-0.2, 0) is 6.42 Å². The number of pyridine rings is 1. The van der Waals surface area contributed by atoms with Gasteiger partial charge in [-0.15, -0.1) is 0 Å². The number of hydrogen-bond donors (Lipinski definition) is 0. The minimum absolute atomic E-state index is 0.707. The molecule has 3 aromatic rings. The standard InChI is InChI=1S/C15H15NO3/c1-4-9-8-11-13(17-2)12-10(6-5-7-16-12)14(18-3)15(11)19-9/h5-8H,4H2,1-3H3. The Bertz CT molecular complexity index is 685. The van der Waals surface area contributed by atoms with Crippen molar-refractivity contribution in [2.45, 2.75) is 13.3 Å². The summed E-state index contributed by atoms with van der Waals surface area (Å²) >= 11 is 0. The number of furan rings is 1. The average molecular weight is 257 g/mol. The molecule has 2 heterocycles. The minimum Gasteiger partial charge on any atom is -0.494 e. The van der Waals surface area contributed by atoms with E-state index in [0.717, 1.165) is 39.8 Å². The second-order valence-electron chi connectivity index (χ2n) is 4.28. The molecule has 0 radical (unpaired) electrons. The molecule has 0 N–H and O–H groups in total. The van der Waals surface area contributed by atoms with E-state index in [9.17, 15) is 0 Å². The predicted octanol–water partition coefficient (Wildman–Crippen LogP) is 3.56. The van der Waals surface area contributed by atoms with Gasteiger partial charge >= 0.3 is 0 Å². The molecule has 0 aliphatic rings. The van der Waals surface area contributed by atoms with Gasteiger partial charge in [-0.2, -0.15) is 0 Å². The van der Waals surface area contributed by atoms with Gasteiger partial charge in [0.05, 0.1) is 25.0 Å². The van der Waals surface area contributed by atoms with Crippen LogP contribution in [-0.4, -0.2) is 19.2 Å². The maximum absolute atomic E-state index is 5.86. The summed E-state index contributed by atoms with van der Waals surface area (Å²) < 4.78 is 16.9. The van der Waals surface area contributed by atoms with Gasteiger partial charge in [0.15, 0.2) is 17.1 Å². The van der Waals surface area contributed by atoms with Gasteiger partial charge in [-0.1, -0.05) is 6.92 Å². The van der Waals surface area contributed by atoms with Crippen molar-refractivity contribution in [1.29, 1.82) is 0 Å². The highest BCUT2D eigenvalue weighted by molar-refractivity contribution is 6.07. The van der Waals surface area contributed by atoms with Crippen LogP contribution >= 0.6 is 0 Å². The van der Waals surface area contributed by atoms with Crippen molar-refractivity contribution < 1.29 is 13.9 Å². The fourth-order valence-electron chi connectivity index (χ4n) is 2.38. The number of rotatable bonds is 3. The van der Waals surface area contributed by atoms with Gasteiger partial charge in [-0.05, 0) is 18.2 Å². The quantitative estimate of drug-likeness (QED) is 0.719. The highest BCUT2D eigenvalue weighted by Crippen LogP contribution is 2.42. The van der Waals surface area contributed by atoms with Crippen LogP contribution in [0.5, 0.6) is 11.5 Å². The van der Waals surface area contributed by atoms with Crippen molar-refractivity contribution in [3.8, 4) is 11.5 Å². The molecule has 19 heavy (non-hydrogen) atoms. The Balaban J connectivity index is 2.54. The van der Waals surface area contributed by atoms with Gasteiger partial charge in [-0.25, -0.2) is 0 Å². The summed E-state index contributed by atoms with van der Waals surface area (Å²) in [6.07, 6.45) is 2.57. The van der Waals surface area contributed by atoms with Crippen LogP contribution in [0.1, 0.15) is 12.7 Å². The van der Waals surface area contributed by atoms with E-state index in [1.54, 1.807) is 20.4 Å². The predicted molar refractivity (Wildman–Crippen MR) is 74.0 cm³/mol. The molecule has 0 saturated carbocycles. The molecule has 0 aliphatic heterocycles. The maximum Gasteiger partial charge on any atom is 0.180 e. The Morgan fingerprint density at radius 3 is 2.63 bits per heavy atom. The number of nitrogens with zero attached hydrogens (tertiary/aromatic N) is 1. The summed E-state index contributed by atoms with van der Waals surface area (Å²) in [4.78, 5) is 4.40. The molecule has 4 nitrogen and oxygen atoms in total. The highest BCUT2D eigenvalue weighted by Gasteiger charge is 2.19. The number of benzene rings is 1. The molecule has 98 valence electrons. The number of hydrogen-bond acceptors (Lipinski definition) is 4. The Hall–Kier alpha value is -2.23. The zero-order valence-corrected chi connectivity index (χ0v) is 11.2. The molecule has 0 bridgehead atoms. The monoisotopic (exact) mass is 257 g/mol. The van der Waals surface area contributed by atoms with Crippen LogP contribution < -0.4 is 9.47 Å². The smallest absolute Gasteiger partial charge is 0.180 e. The fourth-order valence-corrected chi connectivity index (χ4v) is 2.38. The van der Waals surface area contributed by atoms with Crippen molar-refractivity contribution in [2.24, 2.45) is 0 Å². The third kappa shape index (κ3) is 1.63. The first-order valence-electron chi connectivity index (χ1n) is 6.21. The van der Waals surface area contributed by atoms with Gasteiger partial charge in [-0.3, -0.25) is 4.98 Å². The topological polar surface area (TPSA) is 44.5 Å². The lowest BCUT2D eigenvalue weighted by Gasteiger charge is -2.10. The third-order valence-electron chi connectivity index (χ3n) is 3.26. The molecule has 4 heteroatoms. The lowest BCUT2D eigenvalue weighted by atomic mass is 10.1. The largest absolute Gasteiger partial charge is 0.494 e. The summed E-state index contributed by atoms with van der Waals surface area (Å²) in [5.41, 5.74) is 1.51. The first-order chi connectivity index (χ1) is 9.30. The van der Waals surface area contributed by atoms with E-state index in [-0.39, 0.29) is 0 Å². The molecular weight excluding hydrogens is 242 g/mol. The second kappa shape index (κ2) is 4.46. The van der Waals surface area contributed by atoms with Gasteiger partial charge in [0.2, 0.25) is 0 Å². The van der Waals surface area contributed by atoms with Gasteiger partial charge < -0.3 is 13.9 Å². The highest BCUT2D eigenvalue weighted by atomic mass is 16.5. The molecule has 0 amide bonds. The van der Waals surface area contributed by atoms with Crippen LogP contribution in [0.4, 0.5) is 0 Å². The van der Waals surface area contributed by atoms with E-state index in [0.29, 0.717) is 5.75 Å². The van der Waals surface area contributed by atoms with Crippen molar-refractivity contribution in [3.05, 3.63) is 30.2 Å². The summed E-state index contributed by atoms with van der Waals surface area (Å²) in [6, 6.07) is 5.82. The Morgan fingerprint density at radius 2 is 1.95 bits per heavy atom. The van der Waals surface area contributed by atoms with Crippen LogP contribution in [0.2, 0.25) is 0 Å². The summed E-state index contributed by atoms with van der Waals surface area (Å²) in [5.74, 6) is 2.34. The van der Waals surface area contributed by atoms with E-state index in [1.807, 2.05) is 18.2 Å². The summed E-state index contributed by atoms with van der Waals surface area (Å²) in [5, 5.41) is 1.80. The maximum atomic E-state index is 5.86. The summed E-state index contributed by atoms with van der Waals surface area (Å²) in [6.45, 7) is 2.05. The van der Waals surface area contributed by atoms with Crippen molar-refractivity contribution in [3.63, 3.8) is 0 Å². The van der Waals surface area contributed by atoms with E-state index < -0.39 is 0 Å². The van der Waals surface area contributed by atoms with E-state index >= 15 is 0 Å². The first kappa shape index (κ1) is 11.8. The number of methoxy groups -OCH3 is 2. The lowest BCUT2D eigenvalue weighted by Crippen LogP contribution is -1.92. The molecule has 0 atom stereocenters. The van der Waals surface area contributed by atoms with Gasteiger partial charge in [0.25, 0.3) is 0 Å². The average Bonchev–Trinajstić information content (AvgIpc) is 2.88. The Labute approximate surface area is 110 Å². The van der Waals surface area contributed by atoms with Crippen molar-refractivity contribution in [1.82, 2.24) is 4.98 Å². The molecular formula is C15H15NO3. The normalized spacial score (nSPS) is 11.1. The lowest BCUT2D eigenvalue weighted by molar-refractivity contribution is 0.408. The summed E-state index contributed by atoms with van der Waals surface area (Å²) in [7, 11) is 3.29. The SMILES string of the molecule is CCc1cc2c(OC)c3ncccc3c(OC)c2o1. The van der Waals surface area contributed by atoms with E-state index in [4.69, 9.17) is 13.9 Å². The fraction of sp³-hybridized carbons (Fsp3) is 0.267. The molecule has 0 saturated heterocycles. The number of aromatic nitrogens is 1. The zero-order valence-electron chi connectivity index (χ0n) is 11.2. The van der Waals surface area contributed by atoms with Crippen molar-refractivity contribution in [2.75, 3.05) is 14.2 Å². The molecule has 0 unspecified atom stereocenters.